The van der Waals surface area contributed by atoms with Crippen molar-refractivity contribution in [3.05, 3.63) is 63.4 Å². The number of nitrogens with zero attached hydrogens (tertiary/aromatic N) is 1. The summed E-state index contributed by atoms with van der Waals surface area (Å²) < 4.78 is 13.9. The summed E-state index contributed by atoms with van der Waals surface area (Å²) in [5, 5.41) is 2.79. The van der Waals surface area contributed by atoms with Crippen molar-refractivity contribution in [2.75, 3.05) is 18.9 Å². The second kappa shape index (κ2) is 7.57. The minimum atomic E-state index is -0.513. The van der Waals surface area contributed by atoms with Crippen LogP contribution in [0.1, 0.15) is 21.5 Å². The Hall–Kier alpha value is -2.21. The van der Waals surface area contributed by atoms with Gasteiger partial charge in [-0.05, 0) is 49.2 Å². The number of rotatable bonds is 4. The van der Waals surface area contributed by atoms with Gasteiger partial charge < -0.3 is 10.2 Å². The van der Waals surface area contributed by atoms with Gasteiger partial charge >= 0.3 is 0 Å². The summed E-state index contributed by atoms with van der Waals surface area (Å²) in [5.41, 5.74) is 2.95. The first-order valence-corrected chi connectivity index (χ1v) is 8.15. The summed E-state index contributed by atoms with van der Waals surface area (Å²) in [4.78, 5) is 25.7. The molecule has 6 heteroatoms. The van der Waals surface area contributed by atoms with Gasteiger partial charge in [0.15, 0.2) is 0 Å². The van der Waals surface area contributed by atoms with Crippen LogP contribution >= 0.6 is 15.9 Å². The lowest BCUT2D eigenvalue weighted by Gasteiger charge is -2.18. The Kier molecular flexibility index (Phi) is 5.72. The first-order chi connectivity index (χ1) is 11.3. The molecule has 2 rings (SSSR count). The maximum absolute atomic E-state index is 13.4. The zero-order valence-corrected chi connectivity index (χ0v) is 15.3. The predicted octanol–water partition coefficient (Wildman–Crippen LogP) is 3.92. The van der Waals surface area contributed by atoms with E-state index in [9.17, 15) is 14.0 Å². The van der Waals surface area contributed by atoms with Crippen LogP contribution in [0.4, 0.5) is 10.1 Å². The highest BCUT2D eigenvalue weighted by molar-refractivity contribution is 9.10. The van der Waals surface area contributed by atoms with Crippen molar-refractivity contribution in [1.29, 1.82) is 0 Å². The first-order valence-electron chi connectivity index (χ1n) is 7.35. The van der Waals surface area contributed by atoms with Gasteiger partial charge in [-0.1, -0.05) is 28.1 Å². The fourth-order valence-electron chi connectivity index (χ4n) is 2.26. The number of halogens is 2. The number of benzene rings is 2. The number of amides is 2. The largest absolute Gasteiger partial charge is 0.332 e. The smallest absolute Gasteiger partial charge is 0.254 e. The van der Waals surface area contributed by atoms with Crippen molar-refractivity contribution >= 4 is 33.4 Å². The molecule has 0 bridgehead atoms. The van der Waals surface area contributed by atoms with Gasteiger partial charge in [0.1, 0.15) is 5.82 Å². The molecule has 0 saturated carbocycles. The molecule has 4 nitrogen and oxygen atoms in total. The number of hydrogen-bond donors (Lipinski definition) is 1. The Labute approximate surface area is 148 Å². The van der Waals surface area contributed by atoms with E-state index in [1.165, 1.54) is 24.1 Å². The van der Waals surface area contributed by atoms with E-state index in [4.69, 9.17) is 0 Å². The molecule has 0 radical (unpaired) electrons. The fourth-order valence-corrected chi connectivity index (χ4v) is 2.73. The highest BCUT2D eigenvalue weighted by Crippen LogP contribution is 2.18. The maximum Gasteiger partial charge on any atom is 0.254 e. The van der Waals surface area contributed by atoms with E-state index in [-0.39, 0.29) is 18.0 Å². The van der Waals surface area contributed by atoms with Crippen molar-refractivity contribution in [2.45, 2.75) is 13.8 Å². The zero-order valence-electron chi connectivity index (χ0n) is 13.7. The lowest BCUT2D eigenvalue weighted by molar-refractivity contribution is -0.116. The number of aryl methyl sites for hydroxylation is 1. The van der Waals surface area contributed by atoms with Crippen molar-refractivity contribution < 1.29 is 14.0 Å². The molecule has 126 valence electrons. The molecular weight excluding hydrogens is 375 g/mol. The van der Waals surface area contributed by atoms with E-state index in [1.54, 1.807) is 0 Å². The SMILES string of the molecule is Cc1cccc(NC(=O)CN(C)C(=O)c2cc(F)cc(Br)c2)c1C. The standard InChI is InChI=1S/C18H18BrFN2O2/c1-11-5-4-6-16(12(11)2)21-17(23)10-22(3)18(24)13-7-14(19)9-15(20)8-13/h4-9H,10H2,1-3H3,(H,21,23). The third-order valence-corrected chi connectivity index (χ3v) is 4.17. The third-order valence-electron chi connectivity index (χ3n) is 3.72. The van der Waals surface area contributed by atoms with Crippen LogP contribution in [0.25, 0.3) is 0 Å². The van der Waals surface area contributed by atoms with E-state index in [0.29, 0.717) is 10.2 Å². The van der Waals surface area contributed by atoms with Gasteiger partial charge in [0.05, 0.1) is 6.54 Å². The molecule has 0 spiro atoms. The van der Waals surface area contributed by atoms with Gasteiger partial charge in [0.2, 0.25) is 5.91 Å². The molecule has 0 unspecified atom stereocenters. The second-order valence-electron chi connectivity index (χ2n) is 5.61. The Morgan fingerprint density at radius 3 is 2.58 bits per heavy atom. The lowest BCUT2D eigenvalue weighted by atomic mass is 10.1. The molecule has 2 aromatic carbocycles. The van der Waals surface area contributed by atoms with Crippen molar-refractivity contribution in [2.24, 2.45) is 0 Å². The van der Waals surface area contributed by atoms with E-state index in [2.05, 4.69) is 21.2 Å². The number of anilines is 1. The third kappa shape index (κ3) is 4.41. The van der Waals surface area contributed by atoms with E-state index in [0.717, 1.165) is 17.2 Å². The van der Waals surface area contributed by atoms with E-state index < -0.39 is 11.7 Å². The average Bonchev–Trinajstić information content (AvgIpc) is 2.50. The Bertz CT molecular complexity index is 772. The summed E-state index contributed by atoms with van der Waals surface area (Å²) >= 11 is 3.15. The second-order valence-corrected chi connectivity index (χ2v) is 6.53. The minimum Gasteiger partial charge on any atom is -0.332 e. The Morgan fingerprint density at radius 1 is 1.21 bits per heavy atom. The summed E-state index contributed by atoms with van der Waals surface area (Å²) in [6.45, 7) is 3.76. The first kappa shape index (κ1) is 18.1. The van der Waals surface area contributed by atoms with Crippen LogP contribution in [0.5, 0.6) is 0 Å². The number of hydrogen-bond acceptors (Lipinski definition) is 2. The van der Waals surface area contributed by atoms with Crippen LogP contribution in [0.3, 0.4) is 0 Å². The van der Waals surface area contributed by atoms with E-state index in [1.807, 2.05) is 32.0 Å². The molecule has 2 amide bonds. The zero-order chi connectivity index (χ0) is 17.9. The molecule has 24 heavy (non-hydrogen) atoms. The van der Waals surface area contributed by atoms with Gasteiger partial charge in [-0.25, -0.2) is 4.39 Å². The number of likely N-dealkylation sites (N-methyl/N-ethyl adjacent to an activating group) is 1. The van der Waals surface area contributed by atoms with Gasteiger partial charge in [-0.3, -0.25) is 9.59 Å². The quantitative estimate of drug-likeness (QED) is 0.856. The Morgan fingerprint density at radius 2 is 1.92 bits per heavy atom. The average molecular weight is 393 g/mol. The summed E-state index contributed by atoms with van der Waals surface area (Å²) in [6.07, 6.45) is 0. The van der Waals surface area contributed by atoms with Crippen LogP contribution < -0.4 is 5.32 Å². The number of carbonyl (C=O) groups excluding carboxylic acids is 2. The van der Waals surface area contributed by atoms with Crippen molar-refractivity contribution in [1.82, 2.24) is 4.90 Å². The normalized spacial score (nSPS) is 10.4. The van der Waals surface area contributed by atoms with Crippen LogP contribution in [-0.4, -0.2) is 30.3 Å². The molecule has 0 saturated heterocycles. The minimum absolute atomic E-state index is 0.125. The van der Waals surface area contributed by atoms with E-state index >= 15 is 0 Å². The van der Waals surface area contributed by atoms with Crippen LogP contribution in [0, 0.1) is 19.7 Å². The fraction of sp³-hybridized carbons (Fsp3) is 0.222. The lowest BCUT2D eigenvalue weighted by Crippen LogP contribution is -2.35. The molecule has 0 aliphatic carbocycles. The summed E-state index contributed by atoms with van der Waals surface area (Å²) in [6, 6.07) is 9.56. The van der Waals surface area contributed by atoms with Crippen molar-refractivity contribution in [3.63, 3.8) is 0 Å². The topological polar surface area (TPSA) is 49.4 Å². The van der Waals surface area contributed by atoms with Crippen molar-refractivity contribution in [3.8, 4) is 0 Å². The molecule has 2 aromatic rings. The molecule has 0 aliphatic rings. The summed E-state index contributed by atoms with van der Waals surface area (Å²) in [7, 11) is 1.50. The molecule has 0 atom stereocenters. The highest BCUT2D eigenvalue weighted by Gasteiger charge is 2.17. The molecular formula is C18H18BrFN2O2. The Balaban J connectivity index is 2.05. The highest BCUT2D eigenvalue weighted by atomic mass is 79.9. The molecule has 0 aliphatic heterocycles. The molecule has 0 aromatic heterocycles. The summed E-state index contributed by atoms with van der Waals surface area (Å²) in [5.74, 6) is -1.25. The van der Waals surface area contributed by atoms with Gasteiger partial charge in [-0.15, -0.1) is 0 Å². The molecule has 1 N–H and O–H groups in total. The van der Waals surface area contributed by atoms with Gasteiger partial charge in [0, 0.05) is 22.8 Å². The molecule has 0 heterocycles. The molecule has 0 fully saturated rings. The van der Waals surface area contributed by atoms with Crippen LogP contribution in [0.15, 0.2) is 40.9 Å². The van der Waals surface area contributed by atoms with Gasteiger partial charge in [-0.2, -0.15) is 0 Å². The number of nitrogens with one attached hydrogen (secondary N) is 1. The predicted molar refractivity (Wildman–Crippen MR) is 95.6 cm³/mol. The van der Waals surface area contributed by atoms with Crippen LogP contribution in [0.2, 0.25) is 0 Å². The van der Waals surface area contributed by atoms with Crippen LogP contribution in [-0.2, 0) is 4.79 Å². The number of carbonyl (C=O) groups is 2. The maximum atomic E-state index is 13.4. The van der Waals surface area contributed by atoms with Gasteiger partial charge in [0.25, 0.3) is 5.91 Å². The monoisotopic (exact) mass is 392 g/mol.